The van der Waals surface area contributed by atoms with Crippen LogP contribution in [0.5, 0.6) is 5.75 Å². The predicted molar refractivity (Wildman–Crippen MR) is 105 cm³/mol. The summed E-state index contributed by atoms with van der Waals surface area (Å²) in [6.07, 6.45) is 1.99. The Labute approximate surface area is 160 Å². The number of pyridine rings is 1. The number of ether oxygens (including phenoxy) is 1. The van der Waals surface area contributed by atoms with Gasteiger partial charge in [0, 0.05) is 24.5 Å². The molecule has 2 heterocycles. The van der Waals surface area contributed by atoms with Gasteiger partial charge in [0.15, 0.2) is 0 Å². The second-order valence-corrected chi connectivity index (χ2v) is 6.27. The van der Waals surface area contributed by atoms with E-state index in [0.29, 0.717) is 18.2 Å². The Morgan fingerprint density at radius 3 is 2.76 bits per heavy atom. The number of nitrogens with two attached hydrogens (primary N) is 1. The number of benzene rings is 1. The van der Waals surface area contributed by atoms with Crippen molar-refractivity contribution in [2.75, 3.05) is 20.2 Å². The molecule has 0 aliphatic carbocycles. The second kappa shape index (κ2) is 9.22. The second-order valence-electron chi connectivity index (χ2n) is 6.27. The lowest BCUT2D eigenvalue weighted by Crippen LogP contribution is -2.49. The summed E-state index contributed by atoms with van der Waals surface area (Å²) in [5.74, 6) is 1.38. The summed E-state index contributed by atoms with van der Waals surface area (Å²) >= 11 is 0. The number of methoxy groups -OCH3 is 1. The van der Waals surface area contributed by atoms with E-state index in [1.165, 1.54) is 0 Å². The molecular formula is C18H25Cl2N3O2. The molecule has 1 aliphatic heterocycles. The molecule has 0 radical (unpaired) electrons. The zero-order chi connectivity index (χ0) is 16.4. The van der Waals surface area contributed by atoms with Gasteiger partial charge in [0.1, 0.15) is 11.4 Å². The van der Waals surface area contributed by atoms with Gasteiger partial charge in [0.2, 0.25) is 0 Å². The Bertz CT molecular complexity index is 727. The van der Waals surface area contributed by atoms with Crippen molar-refractivity contribution in [2.24, 2.45) is 11.7 Å². The van der Waals surface area contributed by atoms with Gasteiger partial charge in [0.05, 0.1) is 12.6 Å². The zero-order valence-electron chi connectivity index (χ0n) is 14.5. The van der Waals surface area contributed by atoms with Crippen LogP contribution in [0.4, 0.5) is 0 Å². The number of hydrogen-bond donors (Lipinski definition) is 1. The number of carbonyl (C=O) groups is 1. The number of nitrogens with zero attached hydrogens (tertiary/aromatic N) is 2. The van der Waals surface area contributed by atoms with E-state index in [9.17, 15) is 4.79 Å². The summed E-state index contributed by atoms with van der Waals surface area (Å²) in [6.45, 7) is 3.47. The Hall–Kier alpha value is -1.56. The first-order valence-electron chi connectivity index (χ1n) is 8.08. The van der Waals surface area contributed by atoms with Crippen molar-refractivity contribution < 1.29 is 9.53 Å². The van der Waals surface area contributed by atoms with Crippen LogP contribution in [-0.4, -0.2) is 42.0 Å². The molecule has 1 aliphatic rings. The van der Waals surface area contributed by atoms with Crippen LogP contribution in [0.1, 0.15) is 30.3 Å². The van der Waals surface area contributed by atoms with Gasteiger partial charge in [-0.1, -0.05) is 13.0 Å². The molecule has 2 atom stereocenters. The number of halogens is 2. The molecule has 0 saturated carbocycles. The SMILES string of the molecule is COc1ccc2nc(C(=O)N3CCC(C)CC3CN)ccc2c1.Cl.Cl. The molecule has 138 valence electrons. The lowest BCUT2D eigenvalue weighted by Gasteiger charge is -2.37. The molecular weight excluding hydrogens is 361 g/mol. The minimum atomic E-state index is -0.0231. The molecule has 3 rings (SSSR count). The lowest BCUT2D eigenvalue weighted by atomic mass is 9.92. The first-order chi connectivity index (χ1) is 11.1. The highest BCUT2D eigenvalue weighted by Crippen LogP contribution is 2.24. The third kappa shape index (κ3) is 4.54. The molecule has 0 spiro atoms. The number of amides is 1. The Morgan fingerprint density at radius 2 is 2.08 bits per heavy atom. The van der Waals surface area contributed by atoms with Gasteiger partial charge >= 0.3 is 0 Å². The standard InChI is InChI=1S/C18H23N3O2.2ClH/c1-12-7-8-21(14(9-12)11-19)18(22)17-5-3-13-10-15(23-2)4-6-16(13)20-17;;/h3-6,10,12,14H,7-9,11,19H2,1-2H3;2*1H. The van der Waals surface area contributed by atoms with Crippen molar-refractivity contribution in [3.8, 4) is 5.75 Å². The highest BCUT2D eigenvalue weighted by molar-refractivity contribution is 5.95. The molecule has 1 aromatic heterocycles. The van der Waals surface area contributed by atoms with Gasteiger partial charge in [-0.3, -0.25) is 4.79 Å². The van der Waals surface area contributed by atoms with E-state index in [1.807, 2.05) is 29.2 Å². The van der Waals surface area contributed by atoms with Crippen molar-refractivity contribution in [1.29, 1.82) is 0 Å². The number of rotatable bonds is 3. The highest BCUT2D eigenvalue weighted by Gasteiger charge is 2.30. The van der Waals surface area contributed by atoms with Crippen LogP contribution in [0, 0.1) is 5.92 Å². The molecule has 1 fully saturated rings. The van der Waals surface area contributed by atoms with Gasteiger partial charge in [-0.05, 0) is 43.0 Å². The summed E-state index contributed by atoms with van der Waals surface area (Å²) in [5.41, 5.74) is 7.15. The largest absolute Gasteiger partial charge is 0.497 e. The Balaban J connectivity index is 0.00000156. The van der Waals surface area contributed by atoms with Gasteiger partial charge in [-0.25, -0.2) is 4.98 Å². The maximum atomic E-state index is 12.8. The van der Waals surface area contributed by atoms with E-state index in [-0.39, 0.29) is 36.8 Å². The van der Waals surface area contributed by atoms with Crippen LogP contribution in [0.25, 0.3) is 10.9 Å². The van der Waals surface area contributed by atoms with Crippen molar-refractivity contribution >= 4 is 41.6 Å². The molecule has 2 N–H and O–H groups in total. The molecule has 5 nitrogen and oxygen atoms in total. The summed E-state index contributed by atoms with van der Waals surface area (Å²) in [7, 11) is 1.64. The average Bonchev–Trinajstić information content (AvgIpc) is 2.60. The molecule has 1 amide bonds. The average molecular weight is 386 g/mol. The number of piperidine rings is 1. The molecule has 2 unspecified atom stereocenters. The number of fused-ring (bicyclic) bond motifs is 1. The molecule has 2 aromatic rings. The third-order valence-corrected chi connectivity index (χ3v) is 4.63. The van der Waals surface area contributed by atoms with Gasteiger partial charge in [-0.15, -0.1) is 24.8 Å². The minimum absolute atomic E-state index is 0. The Kier molecular flexibility index (Phi) is 7.93. The maximum absolute atomic E-state index is 12.8. The molecule has 0 bridgehead atoms. The maximum Gasteiger partial charge on any atom is 0.272 e. The van der Waals surface area contributed by atoms with E-state index in [0.717, 1.165) is 36.0 Å². The fourth-order valence-electron chi connectivity index (χ4n) is 3.24. The summed E-state index contributed by atoms with van der Waals surface area (Å²) < 4.78 is 5.22. The van der Waals surface area contributed by atoms with Gasteiger partial charge < -0.3 is 15.4 Å². The van der Waals surface area contributed by atoms with E-state index in [2.05, 4.69) is 11.9 Å². The van der Waals surface area contributed by atoms with Crippen LogP contribution in [0.3, 0.4) is 0 Å². The smallest absolute Gasteiger partial charge is 0.272 e. The summed E-state index contributed by atoms with van der Waals surface area (Å²) in [5, 5.41) is 0.962. The normalized spacial score (nSPS) is 19.7. The zero-order valence-corrected chi connectivity index (χ0v) is 16.1. The van der Waals surface area contributed by atoms with Crippen LogP contribution < -0.4 is 10.5 Å². The van der Waals surface area contributed by atoms with E-state index in [1.54, 1.807) is 13.2 Å². The highest BCUT2D eigenvalue weighted by atomic mass is 35.5. The van der Waals surface area contributed by atoms with E-state index in [4.69, 9.17) is 10.5 Å². The number of hydrogen-bond acceptors (Lipinski definition) is 4. The Morgan fingerprint density at radius 1 is 1.32 bits per heavy atom. The van der Waals surface area contributed by atoms with Crippen molar-refractivity contribution in [1.82, 2.24) is 9.88 Å². The number of likely N-dealkylation sites (tertiary alicyclic amines) is 1. The van der Waals surface area contributed by atoms with Gasteiger partial charge in [0.25, 0.3) is 5.91 Å². The van der Waals surface area contributed by atoms with Gasteiger partial charge in [-0.2, -0.15) is 0 Å². The predicted octanol–water partition coefficient (Wildman–Crippen LogP) is 3.29. The van der Waals surface area contributed by atoms with Crippen molar-refractivity contribution in [3.05, 3.63) is 36.0 Å². The van der Waals surface area contributed by atoms with E-state index < -0.39 is 0 Å². The summed E-state index contributed by atoms with van der Waals surface area (Å²) in [6, 6.07) is 9.47. The molecule has 25 heavy (non-hydrogen) atoms. The van der Waals surface area contributed by atoms with Crippen LogP contribution in [-0.2, 0) is 0 Å². The fourth-order valence-corrected chi connectivity index (χ4v) is 3.24. The third-order valence-electron chi connectivity index (χ3n) is 4.63. The van der Waals surface area contributed by atoms with Crippen molar-refractivity contribution in [3.63, 3.8) is 0 Å². The number of aromatic nitrogens is 1. The van der Waals surface area contributed by atoms with E-state index >= 15 is 0 Å². The summed E-state index contributed by atoms with van der Waals surface area (Å²) in [4.78, 5) is 19.2. The molecule has 1 aromatic carbocycles. The number of carbonyl (C=O) groups excluding carboxylic acids is 1. The topological polar surface area (TPSA) is 68.5 Å². The minimum Gasteiger partial charge on any atom is -0.497 e. The van der Waals surface area contributed by atoms with Crippen molar-refractivity contribution in [2.45, 2.75) is 25.8 Å². The monoisotopic (exact) mass is 385 g/mol. The fraction of sp³-hybridized carbons (Fsp3) is 0.444. The van der Waals surface area contributed by atoms with Crippen LogP contribution in [0.15, 0.2) is 30.3 Å². The van der Waals surface area contributed by atoms with Crippen LogP contribution >= 0.6 is 24.8 Å². The first kappa shape index (κ1) is 21.5. The molecule has 7 heteroatoms. The quantitative estimate of drug-likeness (QED) is 0.879. The first-order valence-corrected chi connectivity index (χ1v) is 8.08. The van der Waals surface area contributed by atoms with Crippen LogP contribution in [0.2, 0.25) is 0 Å². The molecule has 1 saturated heterocycles. The lowest BCUT2D eigenvalue weighted by molar-refractivity contribution is 0.0568.